The predicted octanol–water partition coefficient (Wildman–Crippen LogP) is 1.70. The van der Waals surface area contributed by atoms with Gasteiger partial charge in [-0.1, -0.05) is 0 Å². The SMILES string of the molecule is COC(=O)C12CCC(CC=O)(CC1)C2. The lowest BCUT2D eigenvalue weighted by molar-refractivity contribution is -0.152. The molecule has 2 rings (SSSR count). The minimum atomic E-state index is -0.238. The number of esters is 1. The van der Waals surface area contributed by atoms with E-state index in [0.29, 0.717) is 6.42 Å². The van der Waals surface area contributed by atoms with E-state index in [1.807, 2.05) is 0 Å². The van der Waals surface area contributed by atoms with Crippen LogP contribution in [0.3, 0.4) is 0 Å². The Labute approximate surface area is 83.8 Å². The van der Waals surface area contributed by atoms with Crippen LogP contribution in [0, 0.1) is 10.8 Å². The van der Waals surface area contributed by atoms with Crippen LogP contribution in [-0.2, 0) is 14.3 Å². The number of ether oxygens (including phenoxy) is 1. The number of methoxy groups -OCH3 is 1. The zero-order valence-electron chi connectivity index (χ0n) is 8.54. The number of carbonyl (C=O) groups excluding carboxylic acids is 2. The Morgan fingerprint density at radius 2 is 2.00 bits per heavy atom. The third-order valence-corrected chi connectivity index (χ3v) is 4.12. The van der Waals surface area contributed by atoms with Gasteiger partial charge in [-0.25, -0.2) is 0 Å². The van der Waals surface area contributed by atoms with Crippen molar-refractivity contribution >= 4 is 12.3 Å². The minimum absolute atomic E-state index is 0.0669. The van der Waals surface area contributed by atoms with Crippen molar-refractivity contribution in [3.63, 3.8) is 0 Å². The van der Waals surface area contributed by atoms with Gasteiger partial charge in [-0.05, 0) is 37.5 Å². The summed E-state index contributed by atoms with van der Waals surface area (Å²) in [6, 6.07) is 0. The molecule has 0 N–H and O–H groups in total. The normalized spacial score (nSPS) is 39.8. The van der Waals surface area contributed by atoms with Gasteiger partial charge in [-0.3, -0.25) is 4.79 Å². The molecule has 2 bridgehead atoms. The zero-order valence-corrected chi connectivity index (χ0v) is 8.54. The molecule has 0 aromatic rings. The van der Waals surface area contributed by atoms with Crippen molar-refractivity contribution < 1.29 is 14.3 Å². The molecule has 0 unspecified atom stereocenters. The molecule has 0 aliphatic heterocycles. The van der Waals surface area contributed by atoms with Crippen LogP contribution < -0.4 is 0 Å². The predicted molar refractivity (Wildman–Crippen MR) is 50.6 cm³/mol. The smallest absolute Gasteiger partial charge is 0.311 e. The lowest BCUT2D eigenvalue weighted by atomic mass is 9.80. The van der Waals surface area contributed by atoms with E-state index in [4.69, 9.17) is 4.74 Å². The van der Waals surface area contributed by atoms with Crippen LogP contribution in [0.4, 0.5) is 0 Å². The van der Waals surface area contributed by atoms with Crippen molar-refractivity contribution in [2.45, 2.75) is 38.5 Å². The molecule has 3 nitrogen and oxygen atoms in total. The van der Waals surface area contributed by atoms with Crippen molar-refractivity contribution in [1.29, 1.82) is 0 Å². The van der Waals surface area contributed by atoms with E-state index in [0.717, 1.165) is 38.4 Å². The largest absolute Gasteiger partial charge is 0.469 e. The first-order valence-corrected chi connectivity index (χ1v) is 5.19. The summed E-state index contributed by atoms with van der Waals surface area (Å²) in [6.07, 6.45) is 6.33. The first kappa shape index (κ1) is 9.69. The van der Waals surface area contributed by atoms with Crippen molar-refractivity contribution in [2.75, 3.05) is 7.11 Å². The lowest BCUT2D eigenvalue weighted by Gasteiger charge is -2.24. The molecule has 78 valence electrons. The Morgan fingerprint density at radius 1 is 1.36 bits per heavy atom. The van der Waals surface area contributed by atoms with Crippen LogP contribution in [0.1, 0.15) is 38.5 Å². The van der Waals surface area contributed by atoms with Gasteiger partial charge in [0.05, 0.1) is 12.5 Å². The fourth-order valence-electron chi connectivity index (χ4n) is 3.28. The highest BCUT2D eigenvalue weighted by Gasteiger charge is 2.58. The van der Waals surface area contributed by atoms with Crippen molar-refractivity contribution in [2.24, 2.45) is 10.8 Å². The number of aldehydes is 1. The summed E-state index contributed by atoms with van der Waals surface area (Å²) in [5.74, 6) is -0.0669. The van der Waals surface area contributed by atoms with Crippen molar-refractivity contribution in [1.82, 2.24) is 0 Å². The van der Waals surface area contributed by atoms with Gasteiger partial charge in [0.15, 0.2) is 0 Å². The van der Waals surface area contributed by atoms with Gasteiger partial charge < -0.3 is 9.53 Å². The summed E-state index contributed by atoms with van der Waals surface area (Å²) >= 11 is 0. The monoisotopic (exact) mass is 196 g/mol. The van der Waals surface area contributed by atoms with Crippen molar-refractivity contribution in [3.05, 3.63) is 0 Å². The van der Waals surface area contributed by atoms with E-state index in [1.165, 1.54) is 7.11 Å². The molecular weight excluding hydrogens is 180 g/mol. The van der Waals surface area contributed by atoms with Crippen LogP contribution >= 0.6 is 0 Å². The van der Waals surface area contributed by atoms with Gasteiger partial charge in [0.2, 0.25) is 0 Å². The van der Waals surface area contributed by atoms with E-state index >= 15 is 0 Å². The Kier molecular flexibility index (Phi) is 2.13. The average molecular weight is 196 g/mol. The van der Waals surface area contributed by atoms with Crippen LogP contribution in [0.25, 0.3) is 0 Å². The topological polar surface area (TPSA) is 43.4 Å². The third-order valence-electron chi connectivity index (χ3n) is 4.12. The molecule has 2 aliphatic rings. The molecule has 3 heteroatoms. The summed E-state index contributed by atoms with van der Waals surface area (Å²) in [7, 11) is 1.45. The van der Waals surface area contributed by atoms with Crippen LogP contribution in [0.2, 0.25) is 0 Å². The maximum absolute atomic E-state index is 11.6. The molecule has 0 atom stereocenters. The summed E-state index contributed by atoms with van der Waals surface area (Å²) < 4.78 is 4.85. The van der Waals surface area contributed by atoms with Crippen molar-refractivity contribution in [3.8, 4) is 0 Å². The summed E-state index contributed by atoms with van der Waals surface area (Å²) in [6.45, 7) is 0. The highest BCUT2D eigenvalue weighted by Crippen LogP contribution is 2.63. The first-order valence-electron chi connectivity index (χ1n) is 5.19. The molecule has 0 saturated heterocycles. The minimum Gasteiger partial charge on any atom is -0.469 e. The van der Waals surface area contributed by atoms with Gasteiger partial charge in [0.25, 0.3) is 0 Å². The second kappa shape index (κ2) is 3.07. The number of carbonyl (C=O) groups is 2. The summed E-state index contributed by atoms with van der Waals surface area (Å²) in [4.78, 5) is 22.2. The van der Waals surface area contributed by atoms with E-state index in [9.17, 15) is 9.59 Å². The first-order chi connectivity index (χ1) is 6.66. The fourth-order valence-corrected chi connectivity index (χ4v) is 3.28. The van der Waals surface area contributed by atoms with E-state index in [1.54, 1.807) is 0 Å². The van der Waals surface area contributed by atoms with Gasteiger partial charge in [-0.2, -0.15) is 0 Å². The Hall–Kier alpha value is -0.860. The quantitative estimate of drug-likeness (QED) is 0.509. The van der Waals surface area contributed by atoms with E-state index in [2.05, 4.69) is 0 Å². The Morgan fingerprint density at radius 3 is 2.50 bits per heavy atom. The number of fused-ring (bicyclic) bond motifs is 2. The van der Waals surface area contributed by atoms with Gasteiger partial charge in [-0.15, -0.1) is 0 Å². The molecule has 0 radical (unpaired) electrons. The fraction of sp³-hybridized carbons (Fsp3) is 0.818. The highest BCUT2D eigenvalue weighted by atomic mass is 16.5. The highest BCUT2D eigenvalue weighted by molar-refractivity contribution is 5.78. The average Bonchev–Trinajstić information content (AvgIpc) is 2.74. The third kappa shape index (κ3) is 1.18. The molecular formula is C11H16O3. The number of hydrogen-bond donors (Lipinski definition) is 0. The van der Waals surface area contributed by atoms with Crippen LogP contribution in [0.5, 0.6) is 0 Å². The zero-order chi connectivity index (χ0) is 10.2. The lowest BCUT2D eigenvalue weighted by Crippen LogP contribution is -2.27. The van der Waals surface area contributed by atoms with Crippen LogP contribution in [-0.4, -0.2) is 19.4 Å². The molecule has 0 amide bonds. The van der Waals surface area contributed by atoms with Crippen LogP contribution in [0.15, 0.2) is 0 Å². The molecule has 0 aromatic carbocycles. The van der Waals surface area contributed by atoms with E-state index in [-0.39, 0.29) is 16.8 Å². The van der Waals surface area contributed by atoms with Gasteiger partial charge in [0.1, 0.15) is 6.29 Å². The molecule has 2 fully saturated rings. The Bertz CT molecular complexity index is 262. The molecule has 0 heterocycles. The maximum Gasteiger partial charge on any atom is 0.311 e. The second-order valence-electron chi connectivity index (χ2n) is 4.82. The molecule has 2 aliphatic carbocycles. The molecule has 0 spiro atoms. The summed E-state index contributed by atoms with van der Waals surface area (Å²) in [5, 5.41) is 0. The second-order valence-corrected chi connectivity index (χ2v) is 4.82. The molecule has 0 aromatic heterocycles. The Balaban J connectivity index is 2.15. The van der Waals surface area contributed by atoms with Gasteiger partial charge in [0, 0.05) is 6.42 Å². The molecule has 14 heavy (non-hydrogen) atoms. The maximum atomic E-state index is 11.6. The number of rotatable bonds is 3. The molecule has 2 saturated carbocycles. The van der Waals surface area contributed by atoms with Gasteiger partial charge >= 0.3 is 5.97 Å². The summed E-state index contributed by atoms with van der Waals surface area (Å²) in [5.41, 5.74) is -0.103. The standard InChI is InChI=1S/C11H16O3/c1-14-9(13)11-4-2-10(8-11,3-5-11)6-7-12/h7H,2-6,8H2,1H3. The number of hydrogen-bond acceptors (Lipinski definition) is 3. The van der Waals surface area contributed by atoms with E-state index < -0.39 is 0 Å².